The summed E-state index contributed by atoms with van der Waals surface area (Å²) >= 11 is 0. The molecule has 0 heterocycles. The molecule has 1 aromatic carbocycles. The quantitative estimate of drug-likeness (QED) is 0.609. The molecular weight excluding hydrogens is 218 g/mol. The maximum atomic E-state index is 8.96. The summed E-state index contributed by atoms with van der Waals surface area (Å²) in [5, 5.41) is 8.96. The van der Waals surface area contributed by atoms with Gasteiger partial charge in [0.2, 0.25) is 0 Å². The highest BCUT2D eigenvalue weighted by Crippen LogP contribution is 2.34. The van der Waals surface area contributed by atoms with Crippen molar-refractivity contribution in [3.8, 4) is 28.3 Å². The molecule has 0 aliphatic heterocycles. The van der Waals surface area contributed by atoms with E-state index in [-0.39, 0.29) is 0 Å². The molecule has 84 valence electrons. The Morgan fingerprint density at radius 1 is 0.667 bits per heavy atom. The zero-order valence-corrected chi connectivity index (χ0v) is 9.80. The number of rotatable bonds is 1. The molecule has 0 bridgehead atoms. The van der Waals surface area contributed by atoms with Crippen LogP contribution < -0.4 is 0 Å². The van der Waals surface area contributed by atoms with E-state index < -0.39 is 0 Å². The molecule has 2 aliphatic rings. The first-order valence-corrected chi connectivity index (χ1v) is 5.87. The number of hydrogen-bond acceptors (Lipinski definition) is 1. The molecule has 0 aromatic heterocycles. The predicted molar refractivity (Wildman–Crippen MR) is 73.2 cm³/mol. The van der Waals surface area contributed by atoms with Crippen LogP contribution in [-0.2, 0) is 0 Å². The first-order valence-electron chi connectivity index (χ1n) is 5.87. The van der Waals surface area contributed by atoms with Crippen LogP contribution in [0.15, 0.2) is 66.7 Å². The van der Waals surface area contributed by atoms with Crippen molar-refractivity contribution in [2.75, 3.05) is 0 Å². The van der Waals surface area contributed by atoms with E-state index in [1.165, 1.54) is 16.7 Å². The van der Waals surface area contributed by atoms with Crippen molar-refractivity contribution in [3.63, 3.8) is 0 Å². The van der Waals surface area contributed by atoms with Crippen LogP contribution in [0.25, 0.3) is 22.3 Å². The van der Waals surface area contributed by atoms with E-state index in [0.717, 1.165) is 5.56 Å². The summed E-state index contributed by atoms with van der Waals surface area (Å²) in [5.74, 6) is 0. The average molecular weight is 229 g/mol. The molecule has 0 saturated carbocycles. The molecule has 1 aromatic rings. The molecule has 0 N–H and O–H groups in total. The minimum atomic E-state index is 0.696. The van der Waals surface area contributed by atoms with Crippen LogP contribution in [-0.4, -0.2) is 0 Å². The minimum Gasteiger partial charge on any atom is -0.192 e. The zero-order chi connectivity index (χ0) is 12.4. The topological polar surface area (TPSA) is 23.8 Å². The standard InChI is InChI=1S/C17H11N/c18-12-13-5-4-7-15(11-13)17-10-9-14-6-2-1-3-8-16(14)17/h1-11H. The van der Waals surface area contributed by atoms with Crippen molar-refractivity contribution in [1.82, 2.24) is 0 Å². The largest absolute Gasteiger partial charge is 0.192 e. The van der Waals surface area contributed by atoms with Gasteiger partial charge in [0, 0.05) is 0 Å². The summed E-state index contributed by atoms with van der Waals surface area (Å²) < 4.78 is 0. The van der Waals surface area contributed by atoms with Gasteiger partial charge in [-0.1, -0.05) is 54.6 Å². The van der Waals surface area contributed by atoms with Gasteiger partial charge in [-0.2, -0.15) is 5.26 Å². The molecule has 0 unspecified atom stereocenters. The first kappa shape index (κ1) is 10.6. The molecule has 3 rings (SSSR count). The summed E-state index contributed by atoms with van der Waals surface area (Å²) in [5.41, 5.74) is 5.41. The lowest BCUT2D eigenvalue weighted by molar-refractivity contribution is 1.48. The molecule has 0 spiro atoms. The maximum Gasteiger partial charge on any atom is 0.0991 e. The molecule has 2 aliphatic carbocycles. The normalized spacial score (nSPS) is 10.2. The molecular formula is C17H11N. The molecule has 0 saturated heterocycles. The van der Waals surface area contributed by atoms with Gasteiger partial charge in [0.25, 0.3) is 0 Å². The van der Waals surface area contributed by atoms with Gasteiger partial charge in [-0.15, -0.1) is 0 Å². The molecule has 18 heavy (non-hydrogen) atoms. The second-order valence-corrected chi connectivity index (χ2v) is 4.22. The molecule has 0 fully saturated rings. The highest BCUT2D eigenvalue weighted by Gasteiger charge is 2.09. The Bertz CT molecular complexity index is 707. The third-order valence-corrected chi connectivity index (χ3v) is 3.09. The van der Waals surface area contributed by atoms with Gasteiger partial charge in [0.05, 0.1) is 11.6 Å². The van der Waals surface area contributed by atoms with E-state index in [1.54, 1.807) is 0 Å². The first-order chi connectivity index (χ1) is 8.88. The van der Waals surface area contributed by atoms with E-state index in [0.29, 0.717) is 5.56 Å². The van der Waals surface area contributed by atoms with Crippen molar-refractivity contribution in [3.05, 3.63) is 72.3 Å². The Hall–Kier alpha value is -2.59. The smallest absolute Gasteiger partial charge is 0.0991 e. The number of nitrogens with zero attached hydrogens (tertiary/aromatic N) is 1. The van der Waals surface area contributed by atoms with E-state index in [9.17, 15) is 0 Å². The monoisotopic (exact) mass is 229 g/mol. The fourth-order valence-corrected chi connectivity index (χ4v) is 2.22. The summed E-state index contributed by atoms with van der Waals surface area (Å²) in [7, 11) is 0. The Balaban J connectivity index is 2.20. The minimum absolute atomic E-state index is 0.696. The Morgan fingerprint density at radius 3 is 2.33 bits per heavy atom. The van der Waals surface area contributed by atoms with E-state index in [2.05, 4.69) is 30.3 Å². The summed E-state index contributed by atoms with van der Waals surface area (Å²) in [6, 6.07) is 24.5. The second-order valence-electron chi connectivity index (χ2n) is 4.22. The third-order valence-electron chi connectivity index (χ3n) is 3.09. The van der Waals surface area contributed by atoms with Gasteiger partial charge in [0.1, 0.15) is 0 Å². The lowest BCUT2D eigenvalue weighted by Gasteiger charge is -2.02. The van der Waals surface area contributed by atoms with Crippen molar-refractivity contribution >= 4 is 0 Å². The SMILES string of the molecule is N#Cc1cccc(-c2ccc3cccccc2-3)c1. The number of nitriles is 1. The van der Waals surface area contributed by atoms with Crippen LogP contribution in [0.4, 0.5) is 0 Å². The van der Waals surface area contributed by atoms with Crippen LogP contribution in [0.5, 0.6) is 0 Å². The molecule has 1 nitrogen and oxygen atoms in total. The van der Waals surface area contributed by atoms with Crippen molar-refractivity contribution in [1.29, 1.82) is 5.26 Å². The van der Waals surface area contributed by atoms with Crippen LogP contribution in [0.3, 0.4) is 0 Å². The predicted octanol–water partition coefficient (Wildman–Crippen LogP) is 4.33. The zero-order valence-electron chi connectivity index (χ0n) is 9.80. The van der Waals surface area contributed by atoms with Crippen molar-refractivity contribution < 1.29 is 0 Å². The molecule has 1 heteroatoms. The molecule has 0 radical (unpaired) electrons. The van der Waals surface area contributed by atoms with Gasteiger partial charge in [0.15, 0.2) is 0 Å². The van der Waals surface area contributed by atoms with E-state index in [4.69, 9.17) is 5.26 Å². The van der Waals surface area contributed by atoms with Crippen molar-refractivity contribution in [2.45, 2.75) is 0 Å². The summed E-state index contributed by atoms with van der Waals surface area (Å²) in [6.45, 7) is 0. The fourth-order valence-electron chi connectivity index (χ4n) is 2.22. The van der Waals surface area contributed by atoms with Gasteiger partial charge in [-0.3, -0.25) is 0 Å². The summed E-state index contributed by atoms with van der Waals surface area (Å²) in [6.07, 6.45) is 0. The van der Waals surface area contributed by atoms with Gasteiger partial charge in [-0.25, -0.2) is 0 Å². The van der Waals surface area contributed by atoms with Crippen molar-refractivity contribution in [2.24, 2.45) is 0 Å². The Kier molecular flexibility index (Phi) is 2.55. The number of benzene rings is 1. The Labute approximate surface area is 106 Å². The van der Waals surface area contributed by atoms with Crippen LogP contribution in [0.2, 0.25) is 0 Å². The lowest BCUT2D eigenvalue weighted by atomic mass is 10.0. The number of fused-ring (bicyclic) bond motifs is 1. The lowest BCUT2D eigenvalue weighted by Crippen LogP contribution is -1.79. The average Bonchev–Trinajstić information content (AvgIpc) is 2.68. The third kappa shape index (κ3) is 1.74. The molecule has 0 amide bonds. The highest BCUT2D eigenvalue weighted by atomic mass is 14.2. The van der Waals surface area contributed by atoms with Crippen LogP contribution in [0.1, 0.15) is 5.56 Å². The van der Waals surface area contributed by atoms with Crippen LogP contribution >= 0.6 is 0 Å². The van der Waals surface area contributed by atoms with Gasteiger partial charge >= 0.3 is 0 Å². The Morgan fingerprint density at radius 2 is 1.44 bits per heavy atom. The van der Waals surface area contributed by atoms with Gasteiger partial charge in [-0.05, 0) is 34.4 Å². The highest BCUT2D eigenvalue weighted by molar-refractivity contribution is 5.86. The van der Waals surface area contributed by atoms with E-state index >= 15 is 0 Å². The van der Waals surface area contributed by atoms with Crippen LogP contribution in [0, 0.1) is 11.3 Å². The second kappa shape index (κ2) is 4.35. The maximum absolute atomic E-state index is 8.96. The number of hydrogen-bond donors (Lipinski definition) is 0. The van der Waals surface area contributed by atoms with E-state index in [1.807, 2.05) is 42.5 Å². The fraction of sp³-hybridized carbons (Fsp3) is 0. The molecule has 0 atom stereocenters. The van der Waals surface area contributed by atoms with Gasteiger partial charge < -0.3 is 0 Å². The summed E-state index contributed by atoms with van der Waals surface area (Å²) in [4.78, 5) is 0.